The average molecular weight is 331 g/mol. The molecule has 0 saturated heterocycles. The van der Waals surface area contributed by atoms with Crippen LogP contribution < -0.4 is 10.5 Å². The first kappa shape index (κ1) is 16.2. The summed E-state index contributed by atoms with van der Waals surface area (Å²) in [6.45, 7) is 0.339. The van der Waals surface area contributed by atoms with E-state index in [1.165, 1.54) is 6.07 Å². The van der Waals surface area contributed by atoms with Crippen molar-refractivity contribution in [2.45, 2.75) is 35.4 Å². The predicted molar refractivity (Wildman–Crippen MR) is 77.2 cm³/mol. The molecule has 104 valence electrons. The maximum Gasteiger partial charge on any atom is 0.250 e. The van der Waals surface area contributed by atoms with E-state index in [9.17, 15) is 8.42 Å². The van der Waals surface area contributed by atoms with Crippen molar-refractivity contribution in [1.29, 1.82) is 0 Å². The highest BCUT2D eigenvalue weighted by atomic mass is 35.5. The highest BCUT2D eigenvalue weighted by molar-refractivity contribution is 7.91. The molecule has 1 saturated carbocycles. The van der Waals surface area contributed by atoms with Gasteiger partial charge < -0.3 is 5.73 Å². The summed E-state index contributed by atoms with van der Waals surface area (Å²) in [6.07, 6.45) is 3.65. The van der Waals surface area contributed by atoms with Gasteiger partial charge in [0.2, 0.25) is 0 Å². The number of nitrogens with two attached hydrogens (primary N) is 1. The Morgan fingerprint density at radius 3 is 2.44 bits per heavy atom. The quantitative estimate of drug-likeness (QED) is 0.890. The molecule has 0 spiro atoms. The second kappa shape index (κ2) is 6.07. The number of halogens is 2. The van der Waals surface area contributed by atoms with Crippen molar-refractivity contribution in [3.05, 3.63) is 16.5 Å². The van der Waals surface area contributed by atoms with Gasteiger partial charge >= 0.3 is 0 Å². The van der Waals surface area contributed by atoms with Crippen LogP contribution in [0.3, 0.4) is 0 Å². The molecule has 8 heteroatoms. The van der Waals surface area contributed by atoms with Crippen molar-refractivity contribution in [3.8, 4) is 0 Å². The van der Waals surface area contributed by atoms with E-state index in [2.05, 4.69) is 4.72 Å². The smallest absolute Gasteiger partial charge is 0.250 e. The number of rotatable bonds is 4. The van der Waals surface area contributed by atoms with Crippen molar-refractivity contribution in [2.75, 3.05) is 6.54 Å². The summed E-state index contributed by atoms with van der Waals surface area (Å²) in [5, 5.41) is 0. The van der Waals surface area contributed by atoms with Gasteiger partial charge in [0.1, 0.15) is 4.21 Å². The maximum absolute atomic E-state index is 12.2. The van der Waals surface area contributed by atoms with E-state index in [1.807, 2.05) is 0 Å². The highest BCUT2D eigenvalue weighted by Crippen LogP contribution is 2.32. The van der Waals surface area contributed by atoms with Gasteiger partial charge in [-0.15, -0.1) is 23.7 Å². The van der Waals surface area contributed by atoms with Crippen LogP contribution in [0.1, 0.15) is 25.7 Å². The van der Waals surface area contributed by atoms with E-state index in [4.69, 9.17) is 17.3 Å². The fourth-order valence-corrected chi connectivity index (χ4v) is 5.13. The Labute approximate surface area is 122 Å². The molecule has 1 aliphatic carbocycles. The van der Waals surface area contributed by atoms with Crippen LogP contribution >= 0.6 is 35.3 Å². The zero-order valence-corrected chi connectivity index (χ0v) is 12.9. The first-order valence-corrected chi connectivity index (χ1v) is 8.15. The molecule has 0 atom stereocenters. The van der Waals surface area contributed by atoms with Gasteiger partial charge in [-0.25, -0.2) is 13.1 Å². The summed E-state index contributed by atoms with van der Waals surface area (Å²) in [7, 11) is -3.49. The van der Waals surface area contributed by atoms with E-state index < -0.39 is 15.6 Å². The van der Waals surface area contributed by atoms with Gasteiger partial charge in [0.05, 0.1) is 4.34 Å². The maximum atomic E-state index is 12.2. The van der Waals surface area contributed by atoms with Crippen LogP contribution in [-0.2, 0) is 10.0 Å². The lowest BCUT2D eigenvalue weighted by Gasteiger charge is -2.27. The van der Waals surface area contributed by atoms with Gasteiger partial charge in [0.25, 0.3) is 10.0 Å². The topological polar surface area (TPSA) is 72.2 Å². The Kier molecular flexibility index (Phi) is 5.46. The molecule has 1 aromatic heterocycles. The van der Waals surface area contributed by atoms with Crippen LogP contribution in [0.2, 0.25) is 4.34 Å². The number of hydrogen-bond acceptors (Lipinski definition) is 4. The second-order valence-electron chi connectivity index (χ2n) is 4.36. The SMILES string of the molecule is Cl.NCC1(NS(=O)(=O)c2ccc(Cl)s2)CCCC1. The average Bonchev–Trinajstić information content (AvgIpc) is 2.87. The van der Waals surface area contributed by atoms with E-state index in [-0.39, 0.29) is 16.6 Å². The molecule has 0 aromatic carbocycles. The van der Waals surface area contributed by atoms with E-state index in [1.54, 1.807) is 6.07 Å². The lowest BCUT2D eigenvalue weighted by molar-refractivity contribution is 0.400. The molecule has 2 rings (SSSR count). The third kappa shape index (κ3) is 3.37. The van der Waals surface area contributed by atoms with Crippen molar-refractivity contribution in [3.63, 3.8) is 0 Å². The Morgan fingerprint density at radius 2 is 2.00 bits per heavy atom. The zero-order valence-electron chi connectivity index (χ0n) is 9.69. The molecule has 3 N–H and O–H groups in total. The second-order valence-corrected chi connectivity index (χ2v) is 7.98. The molecule has 1 heterocycles. The molecule has 0 aliphatic heterocycles. The lowest BCUT2D eigenvalue weighted by atomic mass is 10.0. The van der Waals surface area contributed by atoms with E-state index in [0.717, 1.165) is 37.0 Å². The van der Waals surface area contributed by atoms with Gasteiger partial charge in [-0.2, -0.15) is 0 Å². The van der Waals surface area contributed by atoms with Crippen LogP contribution in [0.25, 0.3) is 0 Å². The Hall–Kier alpha value is 0.150. The van der Waals surface area contributed by atoms with Crippen LogP contribution in [0.15, 0.2) is 16.3 Å². The molecule has 1 aliphatic rings. The molecular weight excluding hydrogens is 315 g/mol. The molecule has 1 aromatic rings. The molecule has 4 nitrogen and oxygen atoms in total. The standard InChI is InChI=1S/C10H15ClN2O2S2.ClH/c11-8-3-4-9(16-8)17(14,15)13-10(7-12)5-1-2-6-10;/h3-4,13H,1-2,5-7,12H2;1H. The fourth-order valence-electron chi connectivity index (χ4n) is 2.18. The molecule has 0 radical (unpaired) electrons. The number of sulfonamides is 1. The van der Waals surface area contributed by atoms with E-state index in [0.29, 0.717) is 10.9 Å². The number of hydrogen-bond donors (Lipinski definition) is 2. The molecule has 0 unspecified atom stereocenters. The normalized spacial score (nSPS) is 18.6. The molecule has 0 amide bonds. The minimum absolute atomic E-state index is 0. The Balaban J connectivity index is 0.00000162. The molecular formula is C10H16Cl2N2O2S2. The van der Waals surface area contributed by atoms with E-state index >= 15 is 0 Å². The predicted octanol–water partition coefficient (Wildman–Crippen LogP) is 2.37. The fraction of sp³-hybridized carbons (Fsp3) is 0.600. The van der Waals surface area contributed by atoms with Gasteiger partial charge in [-0.1, -0.05) is 24.4 Å². The molecule has 18 heavy (non-hydrogen) atoms. The Morgan fingerprint density at radius 1 is 1.39 bits per heavy atom. The minimum atomic E-state index is -3.49. The number of thiophene rings is 1. The summed E-state index contributed by atoms with van der Waals surface area (Å²) >= 11 is 6.81. The first-order chi connectivity index (χ1) is 7.97. The lowest BCUT2D eigenvalue weighted by Crippen LogP contribution is -2.51. The van der Waals surface area contributed by atoms with Gasteiger partial charge in [-0.05, 0) is 25.0 Å². The first-order valence-electron chi connectivity index (χ1n) is 5.47. The highest BCUT2D eigenvalue weighted by Gasteiger charge is 2.37. The zero-order chi connectivity index (χ0) is 12.5. The van der Waals surface area contributed by atoms with Gasteiger partial charge in [0.15, 0.2) is 0 Å². The van der Waals surface area contributed by atoms with Crippen molar-refractivity contribution in [1.82, 2.24) is 4.72 Å². The summed E-state index contributed by atoms with van der Waals surface area (Å²) in [5.74, 6) is 0. The summed E-state index contributed by atoms with van der Waals surface area (Å²) < 4.78 is 27.8. The largest absolute Gasteiger partial charge is 0.329 e. The van der Waals surface area contributed by atoms with Crippen molar-refractivity contribution < 1.29 is 8.42 Å². The summed E-state index contributed by atoms with van der Waals surface area (Å²) in [6, 6.07) is 3.11. The molecule has 0 bridgehead atoms. The molecule has 1 fully saturated rings. The van der Waals surface area contributed by atoms with Gasteiger partial charge in [0, 0.05) is 12.1 Å². The van der Waals surface area contributed by atoms with Crippen LogP contribution in [-0.4, -0.2) is 20.5 Å². The van der Waals surface area contributed by atoms with Crippen LogP contribution in [0.4, 0.5) is 0 Å². The third-order valence-electron chi connectivity index (χ3n) is 3.12. The summed E-state index contributed by atoms with van der Waals surface area (Å²) in [5.41, 5.74) is 5.25. The Bertz CT molecular complexity index is 496. The van der Waals surface area contributed by atoms with Crippen LogP contribution in [0.5, 0.6) is 0 Å². The minimum Gasteiger partial charge on any atom is -0.329 e. The summed E-state index contributed by atoms with van der Waals surface area (Å²) in [4.78, 5) is 0. The van der Waals surface area contributed by atoms with Crippen molar-refractivity contribution in [2.24, 2.45) is 5.73 Å². The monoisotopic (exact) mass is 330 g/mol. The van der Waals surface area contributed by atoms with Gasteiger partial charge in [-0.3, -0.25) is 0 Å². The van der Waals surface area contributed by atoms with Crippen LogP contribution in [0, 0.1) is 0 Å². The third-order valence-corrected chi connectivity index (χ3v) is 6.42. The van der Waals surface area contributed by atoms with Crippen molar-refractivity contribution >= 4 is 45.4 Å². The number of nitrogens with one attached hydrogen (secondary N) is 1.